The maximum atomic E-state index is 13.3. The van der Waals surface area contributed by atoms with Crippen molar-refractivity contribution in [2.45, 2.75) is 51.7 Å². The fourth-order valence-electron chi connectivity index (χ4n) is 3.70. The second kappa shape index (κ2) is 7.73. The lowest BCUT2D eigenvalue weighted by Crippen LogP contribution is -2.48. The number of carbonyl (C=O) groups is 3. The maximum Gasteiger partial charge on any atom is 0.410 e. The van der Waals surface area contributed by atoms with Crippen LogP contribution in [-0.2, 0) is 16.0 Å². The minimum Gasteiger partial charge on any atom is -0.444 e. The average Bonchev–Trinajstić information content (AvgIpc) is 3.26. The first-order valence-electron chi connectivity index (χ1n) is 9.48. The molecule has 0 saturated carbocycles. The number of ether oxygens (including phenoxy) is 1. The number of carbonyl (C=O) groups excluding carboxylic acids is 3. The van der Waals surface area contributed by atoms with Crippen LogP contribution in [0.3, 0.4) is 0 Å². The van der Waals surface area contributed by atoms with Gasteiger partial charge in [-0.05, 0) is 57.7 Å². The largest absolute Gasteiger partial charge is 0.444 e. The Morgan fingerprint density at radius 1 is 1.21 bits per heavy atom. The quantitative estimate of drug-likeness (QED) is 0.748. The lowest BCUT2D eigenvalue weighted by Gasteiger charge is -2.30. The third-order valence-electron chi connectivity index (χ3n) is 4.97. The summed E-state index contributed by atoms with van der Waals surface area (Å²) >= 11 is 3.52. The van der Waals surface area contributed by atoms with Crippen molar-refractivity contribution in [3.63, 3.8) is 0 Å². The fourth-order valence-corrected chi connectivity index (χ4v) is 4.35. The van der Waals surface area contributed by atoms with Crippen molar-refractivity contribution in [2.24, 2.45) is 0 Å². The lowest BCUT2D eigenvalue weighted by atomic mass is 10.1. The molecule has 0 aromatic heterocycles. The third kappa shape index (κ3) is 4.01. The van der Waals surface area contributed by atoms with Crippen LogP contribution in [0.1, 0.15) is 49.5 Å². The Bertz CT molecular complexity index is 818. The molecule has 2 aliphatic heterocycles. The molecule has 1 fully saturated rings. The molecule has 1 N–H and O–H groups in total. The van der Waals surface area contributed by atoms with E-state index in [1.165, 1.54) is 4.90 Å². The SMILES string of the molecule is CNC(=O)c1cc(Br)c2c(c1)N(C(=O)[C@@H]1CCCN1C(=O)OC(C)(C)C)CC2. The van der Waals surface area contributed by atoms with Gasteiger partial charge in [0.1, 0.15) is 11.6 Å². The molecule has 0 radical (unpaired) electrons. The second-order valence-corrected chi connectivity index (χ2v) is 8.96. The first kappa shape index (κ1) is 20.6. The summed E-state index contributed by atoms with van der Waals surface area (Å²) < 4.78 is 6.29. The summed E-state index contributed by atoms with van der Waals surface area (Å²) in [6.07, 6.45) is 1.62. The van der Waals surface area contributed by atoms with Gasteiger partial charge < -0.3 is 15.0 Å². The molecule has 0 aliphatic carbocycles. The Hall–Kier alpha value is -2.09. The van der Waals surface area contributed by atoms with E-state index in [4.69, 9.17) is 4.74 Å². The van der Waals surface area contributed by atoms with Crippen molar-refractivity contribution >= 4 is 39.5 Å². The number of benzene rings is 1. The van der Waals surface area contributed by atoms with Crippen LogP contribution in [0.2, 0.25) is 0 Å². The number of hydrogen-bond donors (Lipinski definition) is 1. The molecule has 3 rings (SSSR count). The highest BCUT2D eigenvalue weighted by Crippen LogP contribution is 2.37. The fraction of sp³-hybridized carbons (Fsp3) is 0.550. The van der Waals surface area contributed by atoms with E-state index in [2.05, 4.69) is 21.2 Å². The maximum absolute atomic E-state index is 13.3. The Balaban J connectivity index is 1.86. The number of likely N-dealkylation sites (tertiary alicyclic amines) is 1. The molecule has 1 saturated heterocycles. The van der Waals surface area contributed by atoms with E-state index < -0.39 is 17.7 Å². The van der Waals surface area contributed by atoms with Crippen LogP contribution in [0.5, 0.6) is 0 Å². The normalized spacial score (nSPS) is 18.8. The standard InChI is InChI=1S/C20H26BrN3O4/c1-20(2,3)28-19(27)24-8-5-6-15(24)18(26)23-9-7-13-14(21)10-12(11-16(13)23)17(25)22-4/h10-11,15H,5-9H2,1-4H3,(H,22,25)/t15-/m0/s1. The molecule has 1 aromatic carbocycles. The van der Waals surface area contributed by atoms with Crippen molar-refractivity contribution < 1.29 is 19.1 Å². The number of rotatable bonds is 2. The zero-order chi connectivity index (χ0) is 20.6. The first-order valence-corrected chi connectivity index (χ1v) is 10.3. The number of hydrogen-bond acceptors (Lipinski definition) is 4. The summed E-state index contributed by atoms with van der Waals surface area (Å²) in [7, 11) is 1.57. The molecule has 3 amide bonds. The minimum absolute atomic E-state index is 0.122. The Morgan fingerprint density at radius 3 is 2.57 bits per heavy atom. The molecular weight excluding hydrogens is 426 g/mol. The topological polar surface area (TPSA) is 79.0 Å². The van der Waals surface area contributed by atoms with Gasteiger partial charge in [-0.1, -0.05) is 15.9 Å². The predicted molar refractivity (Wildman–Crippen MR) is 110 cm³/mol. The summed E-state index contributed by atoms with van der Waals surface area (Å²) in [5.41, 5.74) is 1.61. The molecule has 0 bridgehead atoms. The lowest BCUT2D eigenvalue weighted by molar-refractivity contribution is -0.122. The summed E-state index contributed by atoms with van der Waals surface area (Å²) in [5.74, 6) is -0.331. The van der Waals surface area contributed by atoms with Crippen LogP contribution in [0.25, 0.3) is 0 Å². The Kier molecular flexibility index (Phi) is 5.70. The van der Waals surface area contributed by atoms with Crippen molar-refractivity contribution in [2.75, 3.05) is 25.0 Å². The molecule has 28 heavy (non-hydrogen) atoms. The van der Waals surface area contributed by atoms with E-state index in [1.54, 1.807) is 24.1 Å². The molecule has 0 unspecified atom stereocenters. The number of anilines is 1. The number of nitrogens with one attached hydrogen (secondary N) is 1. The van der Waals surface area contributed by atoms with Gasteiger partial charge in [-0.25, -0.2) is 4.79 Å². The van der Waals surface area contributed by atoms with Crippen LogP contribution in [0, 0.1) is 0 Å². The molecule has 2 heterocycles. The van der Waals surface area contributed by atoms with Gasteiger partial charge in [-0.2, -0.15) is 0 Å². The molecule has 1 atom stereocenters. The van der Waals surface area contributed by atoms with Gasteiger partial charge in [0.05, 0.1) is 0 Å². The van der Waals surface area contributed by atoms with E-state index in [0.717, 1.165) is 22.1 Å². The van der Waals surface area contributed by atoms with Crippen LogP contribution < -0.4 is 10.2 Å². The van der Waals surface area contributed by atoms with Crippen molar-refractivity contribution in [1.82, 2.24) is 10.2 Å². The van der Waals surface area contributed by atoms with Crippen LogP contribution in [0.4, 0.5) is 10.5 Å². The second-order valence-electron chi connectivity index (χ2n) is 8.11. The number of amides is 3. The van der Waals surface area contributed by atoms with Gasteiger partial charge in [-0.15, -0.1) is 0 Å². The number of fused-ring (bicyclic) bond motifs is 1. The van der Waals surface area contributed by atoms with Crippen molar-refractivity contribution in [3.8, 4) is 0 Å². The van der Waals surface area contributed by atoms with Crippen molar-refractivity contribution in [1.29, 1.82) is 0 Å². The zero-order valence-electron chi connectivity index (χ0n) is 16.7. The highest BCUT2D eigenvalue weighted by Gasteiger charge is 2.40. The first-order chi connectivity index (χ1) is 13.1. The molecular formula is C20H26BrN3O4. The smallest absolute Gasteiger partial charge is 0.410 e. The van der Waals surface area contributed by atoms with Gasteiger partial charge in [0.25, 0.3) is 5.91 Å². The minimum atomic E-state index is -0.610. The van der Waals surface area contributed by atoms with Crippen LogP contribution in [-0.4, -0.2) is 54.6 Å². The van der Waals surface area contributed by atoms with Gasteiger partial charge in [-0.3, -0.25) is 14.5 Å². The molecule has 0 spiro atoms. The van der Waals surface area contributed by atoms with Crippen molar-refractivity contribution in [3.05, 3.63) is 27.7 Å². The highest BCUT2D eigenvalue weighted by atomic mass is 79.9. The van der Waals surface area contributed by atoms with Gasteiger partial charge in [0.2, 0.25) is 5.91 Å². The summed E-state index contributed by atoms with van der Waals surface area (Å²) in [6, 6.07) is 2.98. The summed E-state index contributed by atoms with van der Waals surface area (Å²) in [5, 5.41) is 2.61. The third-order valence-corrected chi connectivity index (χ3v) is 5.68. The Morgan fingerprint density at radius 2 is 1.93 bits per heavy atom. The van der Waals surface area contributed by atoms with E-state index in [-0.39, 0.29) is 11.8 Å². The zero-order valence-corrected chi connectivity index (χ0v) is 18.3. The van der Waals surface area contributed by atoms with E-state index in [1.807, 2.05) is 20.8 Å². The van der Waals surface area contributed by atoms with Crippen LogP contribution in [0.15, 0.2) is 16.6 Å². The summed E-state index contributed by atoms with van der Waals surface area (Å²) in [6.45, 7) is 6.47. The van der Waals surface area contributed by atoms with Gasteiger partial charge in [0, 0.05) is 35.9 Å². The summed E-state index contributed by atoms with van der Waals surface area (Å²) in [4.78, 5) is 41.2. The van der Waals surface area contributed by atoms with E-state index in [0.29, 0.717) is 31.5 Å². The molecule has 8 heteroatoms. The molecule has 7 nitrogen and oxygen atoms in total. The molecule has 1 aromatic rings. The van der Waals surface area contributed by atoms with Crippen LogP contribution >= 0.6 is 15.9 Å². The number of halogens is 1. The molecule has 152 valence electrons. The predicted octanol–water partition coefficient (Wildman–Crippen LogP) is 3.10. The van der Waals surface area contributed by atoms with Gasteiger partial charge >= 0.3 is 6.09 Å². The molecule has 2 aliphatic rings. The average molecular weight is 452 g/mol. The number of nitrogens with zero attached hydrogens (tertiary/aromatic N) is 2. The monoisotopic (exact) mass is 451 g/mol. The Labute approximate surface area is 173 Å². The highest BCUT2D eigenvalue weighted by molar-refractivity contribution is 9.10. The van der Waals surface area contributed by atoms with E-state index >= 15 is 0 Å². The van der Waals surface area contributed by atoms with Gasteiger partial charge in [0.15, 0.2) is 0 Å². The van der Waals surface area contributed by atoms with E-state index in [9.17, 15) is 14.4 Å².